The van der Waals surface area contributed by atoms with Crippen LogP contribution in [0, 0.1) is 12.7 Å². The third kappa shape index (κ3) is 6.09. The van der Waals surface area contributed by atoms with Crippen LogP contribution in [0.5, 0.6) is 0 Å². The molecule has 0 saturated carbocycles. The predicted octanol–water partition coefficient (Wildman–Crippen LogP) is 5.46. The molecule has 5 heteroatoms. The Balaban J connectivity index is 1.43. The minimum atomic E-state index is -0.248. The van der Waals surface area contributed by atoms with Crippen LogP contribution in [-0.2, 0) is 29.0 Å². The summed E-state index contributed by atoms with van der Waals surface area (Å²) in [5, 5.41) is 0. The van der Waals surface area contributed by atoms with Crippen molar-refractivity contribution in [3.8, 4) is 11.5 Å². The van der Waals surface area contributed by atoms with Crippen LogP contribution in [0.1, 0.15) is 42.3 Å². The van der Waals surface area contributed by atoms with Crippen LogP contribution in [0.25, 0.3) is 11.5 Å². The number of Topliss-reactive ketones (excluding diaryl/α,β-unsaturated/α-hetero) is 1. The monoisotopic (exact) mass is 395 g/mol. The Morgan fingerprint density at radius 2 is 1.76 bits per heavy atom. The molecule has 0 atom stereocenters. The van der Waals surface area contributed by atoms with E-state index in [-0.39, 0.29) is 24.8 Å². The van der Waals surface area contributed by atoms with Gasteiger partial charge in [-0.3, -0.25) is 4.79 Å². The molecule has 4 nitrogen and oxygen atoms in total. The summed E-state index contributed by atoms with van der Waals surface area (Å²) in [6.07, 6.45) is 2.88. The highest BCUT2D eigenvalue weighted by molar-refractivity contribution is 5.79. The van der Waals surface area contributed by atoms with E-state index >= 15 is 0 Å². The molecule has 1 aromatic heterocycles. The molecule has 0 aliphatic heterocycles. The summed E-state index contributed by atoms with van der Waals surface area (Å²) >= 11 is 0. The van der Waals surface area contributed by atoms with Gasteiger partial charge in [-0.25, -0.2) is 9.37 Å². The molecule has 0 aliphatic rings. The Bertz CT molecular complexity index is 930. The number of oxazole rings is 1. The number of ether oxygens (including phenoxy) is 1. The molecule has 0 bridgehead atoms. The summed E-state index contributed by atoms with van der Waals surface area (Å²) in [6, 6.07) is 14.5. The van der Waals surface area contributed by atoms with E-state index in [0.717, 1.165) is 24.0 Å². The first-order valence-corrected chi connectivity index (χ1v) is 9.94. The predicted molar refractivity (Wildman–Crippen MR) is 110 cm³/mol. The zero-order chi connectivity index (χ0) is 20.6. The van der Waals surface area contributed by atoms with Crippen molar-refractivity contribution < 1.29 is 18.3 Å². The Kier molecular flexibility index (Phi) is 7.30. The largest absolute Gasteiger partial charge is 0.441 e. The van der Waals surface area contributed by atoms with Crippen LogP contribution in [0.4, 0.5) is 4.39 Å². The number of hydrogen-bond donors (Lipinski definition) is 0. The first-order valence-electron chi connectivity index (χ1n) is 9.94. The average molecular weight is 395 g/mol. The van der Waals surface area contributed by atoms with Crippen molar-refractivity contribution in [1.82, 2.24) is 4.98 Å². The summed E-state index contributed by atoms with van der Waals surface area (Å²) in [5.41, 5.74) is 3.92. The van der Waals surface area contributed by atoms with Crippen molar-refractivity contribution in [2.75, 3.05) is 6.61 Å². The van der Waals surface area contributed by atoms with Gasteiger partial charge in [0, 0.05) is 12.0 Å². The molecule has 0 spiro atoms. The number of aryl methyl sites for hydroxylation is 3. The lowest BCUT2D eigenvalue weighted by Crippen LogP contribution is -2.09. The molecular formula is C24H26FNO3. The number of hydrogen-bond acceptors (Lipinski definition) is 4. The summed E-state index contributed by atoms with van der Waals surface area (Å²) in [5.74, 6) is 1.06. The van der Waals surface area contributed by atoms with Crippen molar-refractivity contribution in [2.45, 2.75) is 46.1 Å². The minimum Gasteiger partial charge on any atom is -0.441 e. The summed E-state index contributed by atoms with van der Waals surface area (Å²) < 4.78 is 24.2. The topological polar surface area (TPSA) is 52.3 Å². The molecule has 3 aromatic rings. The molecule has 2 aromatic carbocycles. The SMILES string of the molecule is CCc1ccc(-c2nc(COCC(=O)CCCc3ccc(F)cc3)c(C)o2)cc1. The first kappa shape index (κ1) is 20.9. The number of halogens is 1. The highest BCUT2D eigenvalue weighted by Crippen LogP contribution is 2.22. The molecule has 0 radical (unpaired) electrons. The molecule has 152 valence electrons. The fourth-order valence-corrected chi connectivity index (χ4v) is 3.04. The van der Waals surface area contributed by atoms with E-state index in [1.807, 2.05) is 19.1 Å². The molecule has 0 amide bonds. The standard InChI is InChI=1S/C24H26FNO3/c1-3-18-7-11-20(12-8-18)24-26-23(17(2)29-24)16-28-15-22(27)6-4-5-19-9-13-21(25)14-10-19/h7-14H,3-6,15-16H2,1-2H3. The molecular weight excluding hydrogens is 369 g/mol. The maximum absolute atomic E-state index is 12.9. The van der Waals surface area contributed by atoms with Crippen LogP contribution in [0.3, 0.4) is 0 Å². The molecule has 0 aliphatic carbocycles. The smallest absolute Gasteiger partial charge is 0.226 e. The van der Waals surface area contributed by atoms with Gasteiger partial charge in [-0.05, 0) is 61.6 Å². The van der Waals surface area contributed by atoms with Crippen molar-refractivity contribution in [3.05, 3.63) is 76.9 Å². The lowest BCUT2D eigenvalue weighted by Gasteiger charge is -2.03. The van der Waals surface area contributed by atoms with Crippen LogP contribution < -0.4 is 0 Å². The Morgan fingerprint density at radius 3 is 2.45 bits per heavy atom. The van der Waals surface area contributed by atoms with Gasteiger partial charge in [-0.1, -0.05) is 31.2 Å². The third-order valence-corrected chi connectivity index (χ3v) is 4.84. The number of carbonyl (C=O) groups excluding carboxylic acids is 1. The van der Waals surface area contributed by atoms with Crippen LogP contribution in [0.15, 0.2) is 52.9 Å². The van der Waals surface area contributed by atoms with E-state index < -0.39 is 0 Å². The molecule has 0 N–H and O–H groups in total. The van der Waals surface area contributed by atoms with Gasteiger partial charge < -0.3 is 9.15 Å². The fourth-order valence-electron chi connectivity index (χ4n) is 3.04. The molecule has 0 saturated heterocycles. The zero-order valence-corrected chi connectivity index (χ0v) is 16.9. The Labute approximate surface area is 170 Å². The van der Waals surface area contributed by atoms with Crippen LogP contribution in [-0.4, -0.2) is 17.4 Å². The second kappa shape index (κ2) is 10.1. The second-order valence-corrected chi connectivity index (χ2v) is 7.08. The van der Waals surface area contributed by atoms with E-state index in [0.29, 0.717) is 30.2 Å². The van der Waals surface area contributed by atoms with E-state index in [1.54, 1.807) is 12.1 Å². The van der Waals surface area contributed by atoms with Gasteiger partial charge in [0.1, 0.15) is 23.9 Å². The van der Waals surface area contributed by atoms with Gasteiger partial charge >= 0.3 is 0 Å². The van der Waals surface area contributed by atoms with E-state index in [4.69, 9.17) is 9.15 Å². The number of aromatic nitrogens is 1. The van der Waals surface area contributed by atoms with Crippen molar-refractivity contribution in [2.24, 2.45) is 0 Å². The van der Waals surface area contributed by atoms with Crippen molar-refractivity contribution >= 4 is 5.78 Å². The third-order valence-electron chi connectivity index (χ3n) is 4.84. The van der Waals surface area contributed by atoms with Gasteiger partial charge in [0.15, 0.2) is 5.78 Å². The summed E-state index contributed by atoms with van der Waals surface area (Å²) in [7, 11) is 0. The van der Waals surface area contributed by atoms with Crippen molar-refractivity contribution in [3.63, 3.8) is 0 Å². The molecule has 29 heavy (non-hydrogen) atoms. The summed E-state index contributed by atoms with van der Waals surface area (Å²) in [4.78, 5) is 16.5. The van der Waals surface area contributed by atoms with Gasteiger partial charge in [0.25, 0.3) is 0 Å². The van der Waals surface area contributed by atoms with Crippen LogP contribution >= 0.6 is 0 Å². The highest BCUT2D eigenvalue weighted by Gasteiger charge is 2.12. The van der Waals surface area contributed by atoms with E-state index in [9.17, 15) is 9.18 Å². The number of nitrogens with zero attached hydrogens (tertiary/aromatic N) is 1. The first-order chi connectivity index (χ1) is 14.0. The Morgan fingerprint density at radius 1 is 1.07 bits per heavy atom. The molecule has 1 heterocycles. The lowest BCUT2D eigenvalue weighted by molar-refractivity contribution is -0.124. The Hall–Kier alpha value is -2.79. The maximum atomic E-state index is 12.9. The molecule has 0 unspecified atom stereocenters. The maximum Gasteiger partial charge on any atom is 0.226 e. The zero-order valence-electron chi connectivity index (χ0n) is 16.9. The number of benzene rings is 2. The lowest BCUT2D eigenvalue weighted by atomic mass is 10.1. The van der Waals surface area contributed by atoms with Gasteiger partial charge in [-0.15, -0.1) is 0 Å². The quantitative estimate of drug-likeness (QED) is 0.457. The number of rotatable bonds is 10. The number of carbonyl (C=O) groups is 1. The van der Waals surface area contributed by atoms with Crippen LogP contribution in [0.2, 0.25) is 0 Å². The van der Waals surface area contributed by atoms with Crippen molar-refractivity contribution in [1.29, 1.82) is 0 Å². The normalized spacial score (nSPS) is 11.0. The molecule has 3 rings (SSSR count). The average Bonchev–Trinajstić information content (AvgIpc) is 3.10. The number of ketones is 1. The molecule has 0 fully saturated rings. The highest BCUT2D eigenvalue weighted by atomic mass is 19.1. The second-order valence-electron chi connectivity index (χ2n) is 7.08. The van der Waals surface area contributed by atoms with Gasteiger partial charge in [-0.2, -0.15) is 0 Å². The van der Waals surface area contributed by atoms with Gasteiger partial charge in [0.2, 0.25) is 5.89 Å². The van der Waals surface area contributed by atoms with Gasteiger partial charge in [0.05, 0.1) is 6.61 Å². The van der Waals surface area contributed by atoms with E-state index in [1.165, 1.54) is 17.7 Å². The van der Waals surface area contributed by atoms with E-state index in [2.05, 4.69) is 24.0 Å². The minimum absolute atomic E-state index is 0.0450. The fraction of sp³-hybridized carbons (Fsp3) is 0.333. The summed E-state index contributed by atoms with van der Waals surface area (Å²) in [6.45, 7) is 4.26.